The fraction of sp³-hybridized carbons (Fsp3) is 0.722. The van der Waals surface area contributed by atoms with Gasteiger partial charge in [0.25, 0.3) is 0 Å². The Morgan fingerprint density at radius 1 is 1.46 bits per heavy atom. The van der Waals surface area contributed by atoms with E-state index in [1.807, 2.05) is 40.2 Å². The molecule has 8 heteroatoms. The molecule has 0 saturated carbocycles. The molecule has 0 spiro atoms. The van der Waals surface area contributed by atoms with Gasteiger partial charge in [0.15, 0.2) is 5.96 Å². The van der Waals surface area contributed by atoms with Crippen LogP contribution >= 0.6 is 0 Å². The van der Waals surface area contributed by atoms with Crippen LogP contribution in [0, 0.1) is 0 Å². The first-order valence-corrected chi connectivity index (χ1v) is 9.27. The highest BCUT2D eigenvalue weighted by molar-refractivity contribution is 5.80. The molecule has 2 heterocycles. The minimum Gasteiger partial charge on any atom is -0.444 e. The summed E-state index contributed by atoms with van der Waals surface area (Å²) in [5.41, 5.74) is 0.698. The second kappa shape index (κ2) is 8.91. The predicted octanol–water partition coefficient (Wildman–Crippen LogP) is 1.53. The van der Waals surface area contributed by atoms with E-state index in [2.05, 4.69) is 27.6 Å². The molecular formula is C18H32N6O2. The maximum Gasteiger partial charge on any atom is 0.407 e. The van der Waals surface area contributed by atoms with Crippen LogP contribution in [-0.4, -0.2) is 64.6 Å². The van der Waals surface area contributed by atoms with E-state index < -0.39 is 5.60 Å². The average Bonchev–Trinajstić information content (AvgIpc) is 3.13. The molecule has 2 rings (SSSR count). The van der Waals surface area contributed by atoms with Gasteiger partial charge in [0, 0.05) is 39.4 Å². The van der Waals surface area contributed by atoms with Gasteiger partial charge in [-0.2, -0.15) is 5.10 Å². The monoisotopic (exact) mass is 364 g/mol. The second-order valence-electron chi connectivity index (χ2n) is 7.59. The molecule has 1 aromatic heterocycles. The van der Waals surface area contributed by atoms with Crippen LogP contribution in [0.2, 0.25) is 0 Å². The first kappa shape index (κ1) is 20.1. The Balaban J connectivity index is 1.85. The highest BCUT2D eigenvalue weighted by Crippen LogP contribution is 2.12. The smallest absolute Gasteiger partial charge is 0.407 e. The van der Waals surface area contributed by atoms with Crippen molar-refractivity contribution in [3.05, 3.63) is 18.0 Å². The number of amides is 1. The number of nitrogens with zero attached hydrogens (tertiary/aromatic N) is 4. The Hall–Kier alpha value is -2.25. The number of aryl methyl sites for hydroxylation is 1. The Bertz CT molecular complexity index is 619. The third kappa shape index (κ3) is 6.57. The van der Waals surface area contributed by atoms with E-state index in [0.717, 1.165) is 38.4 Å². The standard InChI is InChI=1S/C18H32N6O2/c1-6-19-16(20-9-7-14-11-21-23(5)12-14)24-10-8-15(13-24)22-17(25)26-18(2,3)4/h11-12,15H,6-10,13H2,1-5H3,(H,19,20)(H,22,25). The number of aliphatic imine (C=N–C) groups is 1. The van der Waals surface area contributed by atoms with Gasteiger partial charge in [-0.25, -0.2) is 4.79 Å². The molecule has 26 heavy (non-hydrogen) atoms. The number of likely N-dealkylation sites (tertiary alicyclic amines) is 1. The molecule has 1 amide bonds. The summed E-state index contributed by atoms with van der Waals surface area (Å²) in [5.74, 6) is 0.893. The largest absolute Gasteiger partial charge is 0.444 e. The SMILES string of the molecule is CCNC(=NCCc1cnn(C)c1)N1CCC(NC(=O)OC(C)(C)C)C1. The summed E-state index contributed by atoms with van der Waals surface area (Å²) < 4.78 is 7.14. The first-order chi connectivity index (χ1) is 12.3. The summed E-state index contributed by atoms with van der Waals surface area (Å²) in [4.78, 5) is 18.9. The molecular weight excluding hydrogens is 332 g/mol. The quantitative estimate of drug-likeness (QED) is 0.611. The summed E-state index contributed by atoms with van der Waals surface area (Å²) in [6.07, 6.45) is 5.27. The van der Waals surface area contributed by atoms with Gasteiger partial charge >= 0.3 is 6.09 Å². The van der Waals surface area contributed by atoms with Gasteiger partial charge in [0.05, 0.1) is 12.2 Å². The van der Waals surface area contributed by atoms with Crippen LogP contribution in [0.3, 0.4) is 0 Å². The van der Waals surface area contributed by atoms with E-state index in [4.69, 9.17) is 9.73 Å². The molecule has 1 saturated heterocycles. The van der Waals surface area contributed by atoms with E-state index in [1.54, 1.807) is 4.68 Å². The number of hydrogen-bond acceptors (Lipinski definition) is 4. The Kier molecular flexibility index (Phi) is 6.88. The minimum atomic E-state index is -0.481. The van der Waals surface area contributed by atoms with Crippen molar-refractivity contribution in [2.75, 3.05) is 26.2 Å². The fourth-order valence-corrected chi connectivity index (χ4v) is 2.86. The van der Waals surface area contributed by atoms with Crippen LogP contribution in [0.25, 0.3) is 0 Å². The molecule has 1 aliphatic heterocycles. The topological polar surface area (TPSA) is 83.8 Å². The van der Waals surface area contributed by atoms with Crippen molar-refractivity contribution >= 4 is 12.1 Å². The van der Waals surface area contributed by atoms with Gasteiger partial charge < -0.3 is 20.3 Å². The summed E-state index contributed by atoms with van der Waals surface area (Å²) in [7, 11) is 1.92. The second-order valence-corrected chi connectivity index (χ2v) is 7.59. The van der Waals surface area contributed by atoms with E-state index in [9.17, 15) is 4.79 Å². The number of carbonyl (C=O) groups is 1. The molecule has 146 valence electrons. The van der Waals surface area contributed by atoms with Gasteiger partial charge in [-0.15, -0.1) is 0 Å². The van der Waals surface area contributed by atoms with Crippen molar-refractivity contribution in [1.82, 2.24) is 25.3 Å². The number of hydrogen-bond donors (Lipinski definition) is 2. The Labute approximate surface area is 156 Å². The molecule has 1 fully saturated rings. The minimum absolute atomic E-state index is 0.0760. The maximum absolute atomic E-state index is 11.9. The summed E-state index contributed by atoms with van der Waals surface area (Å²) in [5, 5.41) is 10.5. The van der Waals surface area contributed by atoms with Gasteiger partial charge in [0.1, 0.15) is 5.60 Å². The van der Waals surface area contributed by atoms with Gasteiger partial charge in [0.2, 0.25) is 0 Å². The number of carbonyl (C=O) groups excluding carboxylic acids is 1. The van der Waals surface area contributed by atoms with E-state index in [1.165, 1.54) is 5.56 Å². The zero-order valence-corrected chi connectivity index (χ0v) is 16.6. The Morgan fingerprint density at radius 2 is 2.23 bits per heavy atom. The van der Waals surface area contributed by atoms with Crippen LogP contribution in [0.15, 0.2) is 17.4 Å². The normalized spacial score (nSPS) is 18.1. The number of alkyl carbamates (subject to hydrolysis) is 1. The van der Waals surface area contributed by atoms with Crippen molar-refractivity contribution < 1.29 is 9.53 Å². The molecule has 0 radical (unpaired) electrons. The molecule has 1 atom stereocenters. The Morgan fingerprint density at radius 3 is 2.85 bits per heavy atom. The third-order valence-corrected chi connectivity index (χ3v) is 3.96. The number of aromatic nitrogens is 2. The zero-order valence-electron chi connectivity index (χ0n) is 16.6. The maximum atomic E-state index is 11.9. The van der Waals surface area contributed by atoms with E-state index in [-0.39, 0.29) is 12.1 Å². The zero-order chi connectivity index (χ0) is 19.2. The molecule has 8 nitrogen and oxygen atoms in total. The molecule has 2 N–H and O–H groups in total. The third-order valence-electron chi connectivity index (χ3n) is 3.96. The molecule has 0 aromatic carbocycles. The number of ether oxygens (including phenoxy) is 1. The number of nitrogens with one attached hydrogen (secondary N) is 2. The summed E-state index contributed by atoms with van der Waals surface area (Å²) in [6.45, 7) is 10.8. The lowest BCUT2D eigenvalue weighted by Gasteiger charge is -2.23. The summed E-state index contributed by atoms with van der Waals surface area (Å²) >= 11 is 0. The highest BCUT2D eigenvalue weighted by atomic mass is 16.6. The lowest BCUT2D eigenvalue weighted by Crippen LogP contribution is -2.44. The summed E-state index contributed by atoms with van der Waals surface area (Å²) in [6, 6.07) is 0.0760. The van der Waals surface area contributed by atoms with E-state index >= 15 is 0 Å². The van der Waals surface area contributed by atoms with Crippen LogP contribution in [0.5, 0.6) is 0 Å². The molecule has 1 unspecified atom stereocenters. The molecule has 0 aliphatic carbocycles. The molecule has 1 aromatic rings. The number of rotatable bonds is 5. The van der Waals surface area contributed by atoms with Crippen LogP contribution in [0.4, 0.5) is 4.79 Å². The lowest BCUT2D eigenvalue weighted by atomic mass is 10.2. The van der Waals surface area contributed by atoms with Crippen molar-refractivity contribution in [3.63, 3.8) is 0 Å². The van der Waals surface area contributed by atoms with Gasteiger partial charge in [-0.3, -0.25) is 9.67 Å². The van der Waals surface area contributed by atoms with Crippen LogP contribution in [-0.2, 0) is 18.2 Å². The van der Waals surface area contributed by atoms with Crippen LogP contribution in [0.1, 0.15) is 39.7 Å². The van der Waals surface area contributed by atoms with Gasteiger partial charge in [-0.05, 0) is 46.1 Å². The molecule has 1 aliphatic rings. The fourth-order valence-electron chi connectivity index (χ4n) is 2.86. The van der Waals surface area contributed by atoms with Crippen molar-refractivity contribution in [3.8, 4) is 0 Å². The predicted molar refractivity (Wildman–Crippen MR) is 102 cm³/mol. The molecule has 0 bridgehead atoms. The lowest BCUT2D eigenvalue weighted by molar-refractivity contribution is 0.0507. The van der Waals surface area contributed by atoms with Crippen LogP contribution < -0.4 is 10.6 Å². The average molecular weight is 364 g/mol. The van der Waals surface area contributed by atoms with Crippen molar-refractivity contribution in [2.45, 2.75) is 52.2 Å². The van der Waals surface area contributed by atoms with Crippen molar-refractivity contribution in [2.24, 2.45) is 12.0 Å². The van der Waals surface area contributed by atoms with Crippen molar-refractivity contribution in [1.29, 1.82) is 0 Å². The first-order valence-electron chi connectivity index (χ1n) is 9.27. The van der Waals surface area contributed by atoms with E-state index in [0.29, 0.717) is 6.54 Å². The number of guanidine groups is 1. The highest BCUT2D eigenvalue weighted by Gasteiger charge is 2.27. The van der Waals surface area contributed by atoms with Gasteiger partial charge in [-0.1, -0.05) is 0 Å².